The summed E-state index contributed by atoms with van der Waals surface area (Å²) < 4.78 is 3.86. The zero-order valence-electron chi connectivity index (χ0n) is 16.1. The number of hydrogen-bond donors (Lipinski definition) is 2. The first-order valence-electron chi connectivity index (χ1n) is 8.69. The van der Waals surface area contributed by atoms with Crippen LogP contribution in [0.3, 0.4) is 0 Å². The molecule has 0 aromatic carbocycles. The normalized spacial score (nSPS) is 12.2. The maximum absolute atomic E-state index is 12.2. The van der Waals surface area contributed by atoms with E-state index in [9.17, 15) is 4.79 Å². The molecule has 2 N–H and O–H groups in total. The maximum atomic E-state index is 12.2. The van der Waals surface area contributed by atoms with Gasteiger partial charge in [-0.15, -0.1) is 0 Å². The number of aromatic nitrogens is 4. The summed E-state index contributed by atoms with van der Waals surface area (Å²) in [6.07, 6.45) is 6.28. The van der Waals surface area contributed by atoms with Crippen LogP contribution in [0.25, 0.3) is 0 Å². The molecule has 0 saturated heterocycles. The SMILES string of the molecule is CC(C)(C)c1cc(NC(=O)NCCCn2ccnc2)n(C(C)(C)C)n1. The van der Waals surface area contributed by atoms with Gasteiger partial charge in [0.05, 0.1) is 17.6 Å². The van der Waals surface area contributed by atoms with Gasteiger partial charge in [0.25, 0.3) is 0 Å². The fourth-order valence-corrected chi connectivity index (χ4v) is 2.39. The monoisotopic (exact) mass is 346 g/mol. The fourth-order valence-electron chi connectivity index (χ4n) is 2.39. The fraction of sp³-hybridized carbons (Fsp3) is 0.611. The van der Waals surface area contributed by atoms with Crippen LogP contribution in [-0.2, 0) is 17.5 Å². The Bertz CT molecular complexity index is 688. The van der Waals surface area contributed by atoms with Crippen molar-refractivity contribution in [1.82, 2.24) is 24.6 Å². The Hall–Kier alpha value is -2.31. The minimum absolute atomic E-state index is 0.0752. The van der Waals surface area contributed by atoms with E-state index in [1.54, 1.807) is 12.5 Å². The van der Waals surface area contributed by atoms with Crippen molar-refractivity contribution >= 4 is 11.8 Å². The summed E-state index contributed by atoms with van der Waals surface area (Å²) in [4.78, 5) is 16.2. The molecule has 0 fully saturated rings. The minimum atomic E-state index is -0.215. The van der Waals surface area contributed by atoms with Gasteiger partial charge in [-0.2, -0.15) is 5.10 Å². The van der Waals surface area contributed by atoms with Crippen molar-refractivity contribution in [3.63, 3.8) is 0 Å². The van der Waals surface area contributed by atoms with Gasteiger partial charge in [0.2, 0.25) is 0 Å². The van der Waals surface area contributed by atoms with Gasteiger partial charge in [0.15, 0.2) is 0 Å². The lowest BCUT2D eigenvalue weighted by Gasteiger charge is -2.23. The number of imidazole rings is 1. The van der Waals surface area contributed by atoms with Gasteiger partial charge in [0, 0.05) is 37.0 Å². The molecule has 7 nitrogen and oxygen atoms in total. The number of nitrogens with one attached hydrogen (secondary N) is 2. The van der Waals surface area contributed by atoms with Crippen LogP contribution in [0.5, 0.6) is 0 Å². The third-order valence-corrected chi connectivity index (χ3v) is 3.79. The average Bonchev–Trinajstić information content (AvgIpc) is 3.11. The molecule has 2 amide bonds. The number of rotatable bonds is 5. The van der Waals surface area contributed by atoms with Gasteiger partial charge in [-0.3, -0.25) is 5.32 Å². The topological polar surface area (TPSA) is 76.8 Å². The van der Waals surface area contributed by atoms with Crippen LogP contribution in [-0.4, -0.2) is 31.9 Å². The first-order chi connectivity index (χ1) is 11.6. The number of hydrogen-bond acceptors (Lipinski definition) is 3. The van der Waals surface area contributed by atoms with E-state index in [4.69, 9.17) is 5.10 Å². The number of carbonyl (C=O) groups excluding carboxylic acids is 1. The highest BCUT2D eigenvalue weighted by Crippen LogP contribution is 2.28. The van der Waals surface area contributed by atoms with Crippen molar-refractivity contribution in [3.05, 3.63) is 30.5 Å². The third-order valence-electron chi connectivity index (χ3n) is 3.79. The molecule has 0 unspecified atom stereocenters. The molecule has 2 aromatic heterocycles. The molecule has 0 radical (unpaired) electrons. The Morgan fingerprint density at radius 3 is 2.48 bits per heavy atom. The standard InChI is InChI=1S/C18H30N6O/c1-17(2,3)14-12-15(24(22-14)18(4,5)6)21-16(25)20-8-7-10-23-11-9-19-13-23/h9,11-13H,7-8,10H2,1-6H3,(H2,20,21,25). The number of nitrogens with zero attached hydrogens (tertiary/aromatic N) is 4. The number of anilines is 1. The lowest BCUT2D eigenvalue weighted by Crippen LogP contribution is -2.33. The first kappa shape index (κ1) is 19.0. The number of aryl methyl sites for hydroxylation is 1. The van der Waals surface area contributed by atoms with E-state index in [0.717, 1.165) is 18.7 Å². The molecule has 7 heteroatoms. The van der Waals surface area contributed by atoms with Crippen LogP contribution in [0.2, 0.25) is 0 Å². The van der Waals surface area contributed by atoms with Crippen LogP contribution in [0.4, 0.5) is 10.6 Å². The molecule has 2 rings (SSSR count). The molecule has 0 saturated carbocycles. The van der Waals surface area contributed by atoms with E-state index in [-0.39, 0.29) is 17.0 Å². The first-order valence-corrected chi connectivity index (χ1v) is 8.69. The molecule has 0 bridgehead atoms. The van der Waals surface area contributed by atoms with Crippen molar-refractivity contribution in [2.24, 2.45) is 0 Å². The zero-order valence-corrected chi connectivity index (χ0v) is 16.1. The lowest BCUT2D eigenvalue weighted by atomic mass is 9.92. The second-order valence-electron chi connectivity index (χ2n) is 8.28. The van der Waals surface area contributed by atoms with Gasteiger partial charge in [-0.1, -0.05) is 20.8 Å². The van der Waals surface area contributed by atoms with Gasteiger partial charge < -0.3 is 9.88 Å². The summed E-state index contributed by atoms with van der Waals surface area (Å²) in [5.74, 6) is 0.713. The number of amides is 2. The summed E-state index contributed by atoms with van der Waals surface area (Å²) in [5, 5.41) is 10.5. The lowest BCUT2D eigenvalue weighted by molar-refractivity contribution is 0.251. The van der Waals surface area contributed by atoms with Gasteiger partial charge in [-0.25, -0.2) is 14.5 Å². The maximum Gasteiger partial charge on any atom is 0.320 e. The molecule has 0 aliphatic rings. The Labute approximate surface area is 149 Å². The Morgan fingerprint density at radius 1 is 1.20 bits per heavy atom. The van der Waals surface area contributed by atoms with E-state index < -0.39 is 0 Å². The highest BCUT2D eigenvalue weighted by molar-refractivity contribution is 5.88. The summed E-state index contributed by atoms with van der Waals surface area (Å²) in [7, 11) is 0. The molecule has 0 aliphatic carbocycles. The van der Waals surface area contributed by atoms with Crippen molar-refractivity contribution in [2.45, 2.75) is 65.5 Å². The predicted molar refractivity (Wildman–Crippen MR) is 99.8 cm³/mol. The third kappa shape index (κ3) is 5.34. The summed E-state index contributed by atoms with van der Waals surface area (Å²) in [5.41, 5.74) is 0.666. The van der Waals surface area contributed by atoms with Gasteiger partial charge >= 0.3 is 6.03 Å². The van der Waals surface area contributed by atoms with Crippen molar-refractivity contribution in [3.8, 4) is 0 Å². The molecule has 25 heavy (non-hydrogen) atoms. The van der Waals surface area contributed by atoms with Crippen LogP contribution >= 0.6 is 0 Å². The van der Waals surface area contributed by atoms with E-state index in [0.29, 0.717) is 12.4 Å². The summed E-state index contributed by atoms with van der Waals surface area (Å²) in [6.45, 7) is 14.0. The molecule has 2 aromatic rings. The summed E-state index contributed by atoms with van der Waals surface area (Å²) in [6, 6.07) is 1.74. The van der Waals surface area contributed by atoms with Gasteiger partial charge in [-0.05, 0) is 27.2 Å². The number of urea groups is 1. The van der Waals surface area contributed by atoms with Gasteiger partial charge in [0.1, 0.15) is 5.82 Å². The molecular weight excluding hydrogens is 316 g/mol. The molecular formula is C18H30N6O. The summed E-state index contributed by atoms with van der Waals surface area (Å²) >= 11 is 0. The quantitative estimate of drug-likeness (QED) is 0.815. The Balaban J connectivity index is 1.96. The Kier molecular flexibility index (Phi) is 5.55. The van der Waals surface area contributed by atoms with E-state index in [1.165, 1.54) is 0 Å². The van der Waals surface area contributed by atoms with E-state index in [2.05, 4.69) is 57.2 Å². The largest absolute Gasteiger partial charge is 0.338 e. The second-order valence-corrected chi connectivity index (χ2v) is 8.28. The van der Waals surface area contributed by atoms with E-state index >= 15 is 0 Å². The van der Waals surface area contributed by atoms with Crippen molar-refractivity contribution in [2.75, 3.05) is 11.9 Å². The highest BCUT2D eigenvalue weighted by atomic mass is 16.2. The predicted octanol–water partition coefficient (Wildman–Crippen LogP) is 3.34. The van der Waals surface area contributed by atoms with Crippen LogP contribution < -0.4 is 10.6 Å². The van der Waals surface area contributed by atoms with Crippen LogP contribution in [0, 0.1) is 0 Å². The van der Waals surface area contributed by atoms with Crippen molar-refractivity contribution in [1.29, 1.82) is 0 Å². The molecule has 138 valence electrons. The average molecular weight is 346 g/mol. The zero-order chi connectivity index (χ0) is 18.7. The molecule has 2 heterocycles. The molecule has 0 spiro atoms. The number of carbonyl (C=O) groups is 1. The van der Waals surface area contributed by atoms with Crippen LogP contribution in [0.1, 0.15) is 53.7 Å². The molecule has 0 aliphatic heterocycles. The van der Waals surface area contributed by atoms with Crippen LogP contribution in [0.15, 0.2) is 24.8 Å². The Morgan fingerprint density at radius 2 is 1.92 bits per heavy atom. The minimum Gasteiger partial charge on any atom is -0.338 e. The highest BCUT2D eigenvalue weighted by Gasteiger charge is 2.25. The van der Waals surface area contributed by atoms with Crippen molar-refractivity contribution < 1.29 is 4.79 Å². The smallest absolute Gasteiger partial charge is 0.320 e. The second kappa shape index (κ2) is 7.29. The van der Waals surface area contributed by atoms with E-state index in [1.807, 2.05) is 21.5 Å². The molecule has 0 atom stereocenters.